The molecule has 8 heteroatoms. The molecule has 0 spiro atoms. The molecule has 0 aliphatic rings. The Labute approximate surface area is 172 Å². The molecule has 0 saturated carbocycles. The molecule has 0 bridgehead atoms. The summed E-state index contributed by atoms with van der Waals surface area (Å²) in [7, 11) is -2.05. The van der Waals surface area contributed by atoms with Gasteiger partial charge in [0.05, 0.1) is 31.7 Å². The summed E-state index contributed by atoms with van der Waals surface area (Å²) >= 11 is 0. The standard InChI is InChI=1S/C21H28N2O5S/c1-5-14-28-20-12-8-18(9-13-20)23(29(4,25)26)15-21(24)22-16(2)17-6-10-19(27-3)11-7-17/h6-13,16H,5,14-15H2,1-4H3,(H,22,24). The van der Waals surface area contributed by atoms with Crippen LogP contribution in [-0.4, -0.2) is 40.8 Å². The van der Waals surface area contributed by atoms with E-state index in [4.69, 9.17) is 9.47 Å². The molecule has 2 rings (SSSR count). The van der Waals surface area contributed by atoms with E-state index >= 15 is 0 Å². The van der Waals surface area contributed by atoms with Crippen molar-refractivity contribution < 1.29 is 22.7 Å². The van der Waals surface area contributed by atoms with E-state index in [1.165, 1.54) is 0 Å². The van der Waals surface area contributed by atoms with Gasteiger partial charge in [-0.2, -0.15) is 0 Å². The Bertz CT molecular complexity index is 896. The molecule has 0 radical (unpaired) electrons. The second-order valence-corrected chi connectivity index (χ2v) is 8.58. The highest BCUT2D eigenvalue weighted by Crippen LogP contribution is 2.22. The zero-order chi connectivity index (χ0) is 21.4. The highest BCUT2D eigenvalue weighted by Gasteiger charge is 2.22. The van der Waals surface area contributed by atoms with Crippen molar-refractivity contribution in [3.8, 4) is 11.5 Å². The zero-order valence-corrected chi connectivity index (χ0v) is 18.0. The van der Waals surface area contributed by atoms with E-state index in [0.717, 1.165) is 28.3 Å². The van der Waals surface area contributed by atoms with E-state index in [1.54, 1.807) is 31.4 Å². The first-order chi connectivity index (χ1) is 13.7. The van der Waals surface area contributed by atoms with Crippen molar-refractivity contribution in [2.75, 3.05) is 30.8 Å². The van der Waals surface area contributed by atoms with Crippen LogP contribution in [0.1, 0.15) is 31.9 Å². The third kappa shape index (κ3) is 6.67. The quantitative estimate of drug-likeness (QED) is 0.638. The van der Waals surface area contributed by atoms with Crippen LogP contribution in [0.3, 0.4) is 0 Å². The summed E-state index contributed by atoms with van der Waals surface area (Å²) < 4.78 is 36.2. The number of sulfonamides is 1. The van der Waals surface area contributed by atoms with Crippen LogP contribution < -0.4 is 19.1 Å². The van der Waals surface area contributed by atoms with E-state index in [0.29, 0.717) is 18.0 Å². The first-order valence-electron chi connectivity index (χ1n) is 9.38. The van der Waals surface area contributed by atoms with Crippen LogP contribution in [0.15, 0.2) is 48.5 Å². The third-order valence-corrected chi connectivity index (χ3v) is 5.42. The number of benzene rings is 2. The van der Waals surface area contributed by atoms with Crippen molar-refractivity contribution in [2.45, 2.75) is 26.3 Å². The van der Waals surface area contributed by atoms with Crippen LogP contribution in [0.5, 0.6) is 11.5 Å². The Morgan fingerprint density at radius 1 is 1.07 bits per heavy atom. The predicted octanol–water partition coefficient (Wildman–Crippen LogP) is 3.13. The molecule has 2 aromatic rings. The summed E-state index contributed by atoms with van der Waals surface area (Å²) in [5, 5.41) is 2.83. The number of carbonyl (C=O) groups excluding carboxylic acids is 1. The van der Waals surface area contributed by atoms with Gasteiger partial charge in [0.1, 0.15) is 18.0 Å². The number of anilines is 1. The Morgan fingerprint density at radius 2 is 1.66 bits per heavy atom. The average molecular weight is 421 g/mol. The fourth-order valence-corrected chi connectivity index (χ4v) is 3.58. The number of methoxy groups -OCH3 is 1. The molecule has 0 heterocycles. The van der Waals surface area contributed by atoms with Gasteiger partial charge < -0.3 is 14.8 Å². The van der Waals surface area contributed by atoms with Gasteiger partial charge in [-0.15, -0.1) is 0 Å². The lowest BCUT2D eigenvalue weighted by atomic mass is 10.1. The minimum absolute atomic E-state index is 0.278. The van der Waals surface area contributed by atoms with Crippen molar-refractivity contribution in [3.05, 3.63) is 54.1 Å². The summed E-state index contributed by atoms with van der Waals surface area (Å²) in [6, 6.07) is 13.7. The summed E-state index contributed by atoms with van der Waals surface area (Å²) in [6.45, 7) is 4.12. The third-order valence-electron chi connectivity index (χ3n) is 4.28. The number of hydrogen-bond acceptors (Lipinski definition) is 5. The van der Waals surface area contributed by atoms with Gasteiger partial charge in [0, 0.05) is 0 Å². The predicted molar refractivity (Wildman–Crippen MR) is 114 cm³/mol. The summed E-state index contributed by atoms with van der Waals surface area (Å²) in [5.41, 5.74) is 1.30. The van der Waals surface area contributed by atoms with E-state index < -0.39 is 15.9 Å². The van der Waals surface area contributed by atoms with E-state index in [9.17, 15) is 13.2 Å². The topological polar surface area (TPSA) is 84.9 Å². The van der Waals surface area contributed by atoms with Crippen LogP contribution >= 0.6 is 0 Å². The van der Waals surface area contributed by atoms with Gasteiger partial charge in [-0.25, -0.2) is 8.42 Å². The lowest BCUT2D eigenvalue weighted by Gasteiger charge is -2.23. The van der Waals surface area contributed by atoms with Crippen LogP contribution in [0.2, 0.25) is 0 Å². The van der Waals surface area contributed by atoms with Crippen molar-refractivity contribution in [3.63, 3.8) is 0 Å². The minimum Gasteiger partial charge on any atom is -0.497 e. The molecule has 1 unspecified atom stereocenters. The number of nitrogens with zero attached hydrogens (tertiary/aromatic N) is 1. The smallest absolute Gasteiger partial charge is 0.241 e. The molecule has 1 N–H and O–H groups in total. The number of hydrogen-bond donors (Lipinski definition) is 1. The number of carbonyl (C=O) groups is 1. The molecule has 29 heavy (non-hydrogen) atoms. The van der Waals surface area contributed by atoms with Crippen molar-refractivity contribution in [1.82, 2.24) is 5.32 Å². The van der Waals surface area contributed by atoms with Crippen LogP contribution in [0, 0.1) is 0 Å². The number of ether oxygens (including phenoxy) is 2. The minimum atomic E-state index is -3.64. The normalized spacial score (nSPS) is 12.1. The monoisotopic (exact) mass is 420 g/mol. The lowest BCUT2D eigenvalue weighted by Crippen LogP contribution is -2.41. The molecule has 0 aromatic heterocycles. The maximum Gasteiger partial charge on any atom is 0.241 e. The molecular weight excluding hydrogens is 392 g/mol. The molecule has 1 amide bonds. The van der Waals surface area contributed by atoms with E-state index in [1.807, 2.05) is 38.1 Å². The molecule has 0 aliphatic heterocycles. The van der Waals surface area contributed by atoms with Crippen molar-refractivity contribution in [2.24, 2.45) is 0 Å². The largest absolute Gasteiger partial charge is 0.497 e. The van der Waals surface area contributed by atoms with E-state index in [-0.39, 0.29) is 12.6 Å². The van der Waals surface area contributed by atoms with Gasteiger partial charge >= 0.3 is 0 Å². The summed E-state index contributed by atoms with van der Waals surface area (Å²) in [5.74, 6) is 0.980. The summed E-state index contributed by atoms with van der Waals surface area (Å²) in [6.07, 6.45) is 1.96. The first kappa shape index (κ1) is 22.5. The van der Waals surface area contributed by atoms with Crippen LogP contribution in [0.25, 0.3) is 0 Å². The highest BCUT2D eigenvalue weighted by atomic mass is 32.2. The van der Waals surface area contributed by atoms with Crippen molar-refractivity contribution in [1.29, 1.82) is 0 Å². The Hall–Kier alpha value is -2.74. The molecular formula is C21H28N2O5S. The molecule has 0 saturated heterocycles. The average Bonchev–Trinajstić information content (AvgIpc) is 2.70. The first-order valence-corrected chi connectivity index (χ1v) is 11.2. The fourth-order valence-electron chi connectivity index (χ4n) is 2.72. The summed E-state index contributed by atoms with van der Waals surface area (Å²) in [4.78, 5) is 12.5. The number of amides is 1. The second-order valence-electron chi connectivity index (χ2n) is 6.67. The maximum atomic E-state index is 12.5. The van der Waals surface area contributed by atoms with Gasteiger partial charge in [0.2, 0.25) is 15.9 Å². The Balaban J connectivity index is 2.08. The maximum absolute atomic E-state index is 12.5. The fraction of sp³-hybridized carbons (Fsp3) is 0.381. The molecule has 1 atom stereocenters. The second kappa shape index (κ2) is 10.2. The number of nitrogens with one attached hydrogen (secondary N) is 1. The van der Waals surface area contributed by atoms with Crippen LogP contribution in [-0.2, 0) is 14.8 Å². The van der Waals surface area contributed by atoms with E-state index in [2.05, 4.69) is 5.32 Å². The number of rotatable bonds is 10. The SMILES string of the molecule is CCCOc1ccc(N(CC(=O)NC(C)c2ccc(OC)cc2)S(C)(=O)=O)cc1. The lowest BCUT2D eigenvalue weighted by molar-refractivity contribution is -0.120. The van der Waals surface area contributed by atoms with Crippen LogP contribution in [0.4, 0.5) is 5.69 Å². The molecule has 0 aliphatic carbocycles. The van der Waals surface area contributed by atoms with Gasteiger partial charge in [-0.05, 0) is 55.3 Å². The Morgan fingerprint density at radius 3 is 2.17 bits per heavy atom. The van der Waals surface area contributed by atoms with Gasteiger partial charge in [0.15, 0.2) is 0 Å². The van der Waals surface area contributed by atoms with Crippen molar-refractivity contribution >= 4 is 21.6 Å². The van der Waals surface area contributed by atoms with Gasteiger partial charge in [-0.3, -0.25) is 9.10 Å². The Kier molecular flexibility index (Phi) is 7.90. The molecule has 2 aromatic carbocycles. The van der Waals surface area contributed by atoms with Gasteiger partial charge in [0.25, 0.3) is 0 Å². The molecule has 7 nitrogen and oxygen atoms in total. The molecule has 158 valence electrons. The zero-order valence-electron chi connectivity index (χ0n) is 17.2. The van der Waals surface area contributed by atoms with Gasteiger partial charge in [-0.1, -0.05) is 19.1 Å². The molecule has 0 fully saturated rings. The highest BCUT2D eigenvalue weighted by molar-refractivity contribution is 7.92.